The van der Waals surface area contributed by atoms with Gasteiger partial charge in [0.05, 0.1) is 7.11 Å². The number of hydrogen-bond donors (Lipinski definition) is 1. The molecule has 0 aliphatic carbocycles. The Kier molecular flexibility index (Phi) is 5.66. The van der Waals surface area contributed by atoms with Gasteiger partial charge in [0.1, 0.15) is 5.25 Å². The molecule has 1 aromatic heterocycles. The van der Waals surface area contributed by atoms with Crippen LogP contribution in [0.4, 0.5) is 13.2 Å². The second kappa shape index (κ2) is 6.82. The van der Waals surface area contributed by atoms with Gasteiger partial charge in [-0.25, -0.2) is 4.68 Å². The van der Waals surface area contributed by atoms with Crippen LogP contribution in [0.1, 0.15) is 32.0 Å². The number of hydrogen-bond acceptors (Lipinski definition) is 6. The molecule has 0 fully saturated rings. The minimum Gasteiger partial charge on any atom is -0.468 e. The number of esters is 1. The Labute approximate surface area is 117 Å². The maximum absolute atomic E-state index is 12.5. The largest absolute Gasteiger partial charge is 0.468 e. The van der Waals surface area contributed by atoms with Gasteiger partial charge in [0.25, 0.3) is 5.82 Å². The number of carbonyl (C=O) groups is 1. The molecule has 0 aliphatic rings. The summed E-state index contributed by atoms with van der Waals surface area (Å²) >= 11 is 0.815. The van der Waals surface area contributed by atoms with Crippen LogP contribution >= 0.6 is 11.8 Å². The fourth-order valence-electron chi connectivity index (χ4n) is 1.42. The van der Waals surface area contributed by atoms with E-state index in [-0.39, 0.29) is 5.16 Å². The second-order valence-electron chi connectivity index (χ2n) is 3.95. The van der Waals surface area contributed by atoms with Gasteiger partial charge in [0.15, 0.2) is 0 Å². The molecule has 10 heteroatoms. The van der Waals surface area contributed by atoms with Crippen molar-refractivity contribution in [2.45, 2.75) is 42.8 Å². The van der Waals surface area contributed by atoms with Gasteiger partial charge < -0.3 is 10.6 Å². The summed E-state index contributed by atoms with van der Waals surface area (Å²) in [5.41, 5.74) is 0. The van der Waals surface area contributed by atoms with E-state index in [1.165, 1.54) is 7.11 Å². The van der Waals surface area contributed by atoms with Gasteiger partial charge in [-0.15, -0.1) is 10.2 Å². The fourth-order valence-corrected chi connectivity index (χ4v) is 2.44. The number of alkyl halides is 3. The van der Waals surface area contributed by atoms with Gasteiger partial charge >= 0.3 is 12.1 Å². The monoisotopic (exact) mass is 312 g/mol. The number of unbranched alkanes of at least 4 members (excludes halogenated alkanes) is 1. The highest BCUT2D eigenvalue weighted by Gasteiger charge is 2.38. The molecule has 0 bridgehead atoms. The molecule has 0 aliphatic heterocycles. The Balaban J connectivity index is 2.89. The molecule has 1 atom stereocenters. The lowest BCUT2D eigenvalue weighted by atomic mass is 10.2. The van der Waals surface area contributed by atoms with Crippen molar-refractivity contribution in [3.05, 3.63) is 5.82 Å². The molecule has 0 spiro atoms. The smallest absolute Gasteiger partial charge is 0.453 e. The molecule has 0 aromatic carbocycles. The Morgan fingerprint density at radius 1 is 1.50 bits per heavy atom. The van der Waals surface area contributed by atoms with Gasteiger partial charge in [-0.1, -0.05) is 31.5 Å². The predicted octanol–water partition coefficient (Wildman–Crippen LogP) is 1.83. The zero-order chi connectivity index (χ0) is 15.3. The van der Waals surface area contributed by atoms with E-state index >= 15 is 0 Å². The molecule has 1 aromatic rings. The van der Waals surface area contributed by atoms with Crippen LogP contribution in [-0.4, -0.2) is 33.2 Å². The molecule has 0 radical (unpaired) electrons. The van der Waals surface area contributed by atoms with Gasteiger partial charge in [0, 0.05) is 0 Å². The van der Waals surface area contributed by atoms with Crippen molar-refractivity contribution >= 4 is 17.7 Å². The van der Waals surface area contributed by atoms with E-state index in [1.807, 2.05) is 6.92 Å². The first-order valence-electron chi connectivity index (χ1n) is 5.83. The number of nitrogen functional groups attached to an aromatic ring is 1. The van der Waals surface area contributed by atoms with Crippen molar-refractivity contribution < 1.29 is 22.7 Å². The topological polar surface area (TPSA) is 83.0 Å². The molecule has 6 nitrogen and oxygen atoms in total. The first-order chi connectivity index (χ1) is 9.31. The molecular weight excluding hydrogens is 297 g/mol. The minimum atomic E-state index is -4.69. The minimum absolute atomic E-state index is 0.177. The summed E-state index contributed by atoms with van der Waals surface area (Å²) in [7, 11) is 1.22. The number of methoxy groups -OCH3 is 1. The normalized spacial score (nSPS) is 13.2. The Bertz CT molecular complexity index is 464. The first-order valence-corrected chi connectivity index (χ1v) is 6.71. The maximum atomic E-state index is 12.5. The van der Waals surface area contributed by atoms with Crippen LogP contribution in [0.5, 0.6) is 0 Å². The Morgan fingerprint density at radius 2 is 2.15 bits per heavy atom. The third kappa shape index (κ3) is 4.02. The van der Waals surface area contributed by atoms with Gasteiger partial charge in [0.2, 0.25) is 5.16 Å². The lowest BCUT2D eigenvalue weighted by Crippen LogP contribution is -2.23. The van der Waals surface area contributed by atoms with Crippen molar-refractivity contribution in [3.8, 4) is 0 Å². The highest BCUT2D eigenvalue weighted by molar-refractivity contribution is 8.00. The van der Waals surface area contributed by atoms with Crippen molar-refractivity contribution in [2.75, 3.05) is 13.0 Å². The summed E-state index contributed by atoms with van der Waals surface area (Å²) in [6, 6.07) is 0. The van der Waals surface area contributed by atoms with Crippen LogP contribution in [0.25, 0.3) is 0 Å². The van der Waals surface area contributed by atoms with Crippen LogP contribution in [0.2, 0.25) is 0 Å². The molecule has 1 rings (SSSR count). The summed E-state index contributed by atoms with van der Waals surface area (Å²) < 4.78 is 42.5. The van der Waals surface area contributed by atoms with Crippen molar-refractivity contribution in [3.63, 3.8) is 0 Å². The van der Waals surface area contributed by atoms with Gasteiger partial charge in [-0.05, 0) is 6.42 Å². The number of carbonyl (C=O) groups excluding carboxylic acids is 1. The van der Waals surface area contributed by atoms with Crippen molar-refractivity contribution in [1.82, 2.24) is 14.9 Å². The third-order valence-corrected chi connectivity index (χ3v) is 3.65. The lowest BCUT2D eigenvalue weighted by Gasteiger charge is -2.13. The molecule has 0 saturated heterocycles. The van der Waals surface area contributed by atoms with E-state index in [0.29, 0.717) is 11.1 Å². The van der Waals surface area contributed by atoms with Gasteiger partial charge in [-0.2, -0.15) is 13.2 Å². The highest BCUT2D eigenvalue weighted by Crippen LogP contribution is 2.31. The SMILES string of the molecule is CCCCC(Sc1nnc(C(F)(F)F)n1N)C(=O)OC. The second-order valence-corrected chi connectivity index (χ2v) is 5.12. The number of nitrogens with two attached hydrogens (primary N) is 1. The maximum Gasteiger partial charge on any atom is 0.453 e. The van der Waals surface area contributed by atoms with Crippen LogP contribution in [0, 0.1) is 0 Å². The standard InChI is InChI=1S/C10H15F3N4O2S/c1-3-4-5-6(7(18)19-2)20-9-16-15-8(17(9)14)10(11,12)13/h6H,3-5,14H2,1-2H3. The van der Waals surface area contributed by atoms with Gasteiger partial charge in [-0.3, -0.25) is 4.79 Å². The zero-order valence-corrected chi connectivity index (χ0v) is 11.8. The Hall–Kier alpha value is -1.45. The quantitative estimate of drug-likeness (QED) is 0.490. The summed E-state index contributed by atoms with van der Waals surface area (Å²) in [6.07, 6.45) is -2.65. The van der Waals surface area contributed by atoms with Crippen LogP contribution in [0.3, 0.4) is 0 Å². The average Bonchev–Trinajstić information content (AvgIpc) is 2.74. The predicted molar refractivity (Wildman–Crippen MR) is 66.4 cm³/mol. The first kappa shape index (κ1) is 16.6. The number of nitrogens with zero attached hydrogens (tertiary/aromatic N) is 3. The number of rotatable bonds is 6. The summed E-state index contributed by atoms with van der Waals surface area (Å²) in [4.78, 5) is 11.6. The highest BCUT2D eigenvalue weighted by atomic mass is 32.2. The summed E-state index contributed by atoms with van der Waals surface area (Å²) in [6.45, 7) is 1.94. The van der Waals surface area contributed by atoms with Crippen LogP contribution in [-0.2, 0) is 15.7 Å². The molecular formula is C10H15F3N4O2S. The summed E-state index contributed by atoms with van der Waals surface area (Å²) in [5.74, 6) is 3.47. The van der Waals surface area contributed by atoms with E-state index < -0.39 is 23.2 Å². The van der Waals surface area contributed by atoms with E-state index in [1.54, 1.807) is 0 Å². The molecule has 1 heterocycles. The number of thioether (sulfide) groups is 1. The number of halogens is 3. The zero-order valence-electron chi connectivity index (χ0n) is 11.0. The van der Waals surface area contributed by atoms with E-state index in [2.05, 4.69) is 14.9 Å². The molecule has 0 amide bonds. The van der Waals surface area contributed by atoms with Crippen LogP contribution < -0.4 is 5.84 Å². The lowest BCUT2D eigenvalue weighted by molar-refractivity contribution is -0.146. The average molecular weight is 312 g/mol. The fraction of sp³-hybridized carbons (Fsp3) is 0.700. The molecule has 0 saturated carbocycles. The molecule has 2 N–H and O–H groups in total. The Morgan fingerprint density at radius 3 is 2.60 bits per heavy atom. The summed E-state index contributed by atoms with van der Waals surface area (Å²) in [5, 5.41) is 5.53. The van der Waals surface area contributed by atoms with Crippen molar-refractivity contribution in [2.24, 2.45) is 0 Å². The van der Waals surface area contributed by atoms with E-state index in [0.717, 1.165) is 24.6 Å². The van der Waals surface area contributed by atoms with E-state index in [4.69, 9.17) is 5.84 Å². The number of ether oxygens (including phenoxy) is 1. The molecule has 20 heavy (non-hydrogen) atoms. The number of aromatic nitrogens is 3. The van der Waals surface area contributed by atoms with Crippen LogP contribution in [0.15, 0.2) is 5.16 Å². The molecule has 114 valence electrons. The van der Waals surface area contributed by atoms with Crippen molar-refractivity contribution in [1.29, 1.82) is 0 Å². The third-order valence-electron chi connectivity index (χ3n) is 2.45. The van der Waals surface area contributed by atoms with E-state index in [9.17, 15) is 18.0 Å². The molecule has 1 unspecified atom stereocenters.